The fourth-order valence-electron chi connectivity index (χ4n) is 1.16. The molecular weight excluding hydrogens is 259 g/mol. The van der Waals surface area contributed by atoms with Gasteiger partial charge in [0, 0.05) is 6.42 Å². The molecule has 0 radical (unpaired) electrons. The van der Waals surface area contributed by atoms with Gasteiger partial charge in [-0.15, -0.1) is 11.8 Å². The molecule has 0 saturated carbocycles. The van der Waals surface area contributed by atoms with Gasteiger partial charge < -0.3 is 4.74 Å². The molecule has 0 aliphatic carbocycles. The number of hydrogen-bond acceptors (Lipinski definition) is 4. The molecule has 92 valence electrons. The molecule has 0 atom stereocenters. The van der Waals surface area contributed by atoms with E-state index in [1.807, 2.05) is 0 Å². The Balaban J connectivity index is 2.34. The van der Waals surface area contributed by atoms with Crippen LogP contribution < -0.4 is 0 Å². The molecule has 0 fully saturated rings. The summed E-state index contributed by atoms with van der Waals surface area (Å²) < 4.78 is 18.2. The van der Waals surface area contributed by atoms with Crippen LogP contribution in [0.3, 0.4) is 0 Å². The van der Waals surface area contributed by atoms with Crippen LogP contribution in [0.25, 0.3) is 0 Å². The van der Waals surface area contributed by atoms with Gasteiger partial charge in [-0.1, -0.05) is 24.4 Å². The number of esters is 1. The zero-order valence-corrected chi connectivity index (χ0v) is 11.1. The molecule has 0 amide bonds. The average molecular weight is 272 g/mol. The highest BCUT2D eigenvalue weighted by atomic mass is 32.2. The lowest BCUT2D eigenvalue weighted by Crippen LogP contribution is -2.09. The molecule has 1 aromatic carbocycles. The standard InChI is InChI=1S/C12H13FO2S2/c1-2-15-11(14)8-17-12(16)7-9-3-5-10(13)6-4-9/h3-6H,2,7-8H2,1H3. The minimum Gasteiger partial charge on any atom is -0.465 e. The summed E-state index contributed by atoms with van der Waals surface area (Å²) >= 11 is 6.42. The van der Waals surface area contributed by atoms with Crippen molar-refractivity contribution in [2.24, 2.45) is 0 Å². The van der Waals surface area contributed by atoms with Gasteiger partial charge in [0.05, 0.1) is 16.6 Å². The van der Waals surface area contributed by atoms with Crippen molar-refractivity contribution in [1.29, 1.82) is 0 Å². The van der Waals surface area contributed by atoms with Gasteiger partial charge in [0.15, 0.2) is 0 Å². The fourth-order valence-corrected chi connectivity index (χ4v) is 2.14. The molecule has 0 N–H and O–H groups in total. The van der Waals surface area contributed by atoms with Crippen LogP contribution in [0.15, 0.2) is 24.3 Å². The highest BCUT2D eigenvalue weighted by molar-refractivity contribution is 8.23. The lowest BCUT2D eigenvalue weighted by Gasteiger charge is -2.04. The largest absolute Gasteiger partial charge is 0.465 e. The van der Waals surface area contributed by atoms with E-state index in [0.29, 0.717) is 17.2 Å². The Morgan fingerprint density at radius 3 is 2.65 bits per heavy atom. The van der Waals surface area contributed by atoms with Crippen molar-refractivity contribution in [2.75, 3.05) is 12.4 Å². The molecule has 17 heavy (non-hydrogen) atoms. The summed E-state index contributed by atoms with van der Waals surface area (Å²) in [6, 6.07) is 6.17. The molecule has 0 unspecified atom stereocenters. The first-order valence-electron chi connectivity index (χ1n) is 5.17. The lowest BCUT2D eigenvalue weighted by molar-refractivity contribution is -0.139. The molecule has 0 spiro atoms. The number of ether oxygens (including phenoxy) is 1. The third-order valence-electron chi connectivity index (χ3n) is 1.92. The van der Waals surface area contributed by atoms with Crippen LogP contribution in [0, 0.1) is 5.82 Å². The Morgan fingerprint density at radius 1 is 1.41 bits per heavy atom. The quantitative estimate of drug-likeness (QED) is 0.608. The number of hydrogen-bond donors (Lipinski definition) is 0. The maximum atomic E-state index is 12.7. The van der Waals surface area contributed by atoms with Gasteiger partial charge in [-0.05, 0) is 24.6 Å². The SMILES string of the molecule is CCOC(=O)CSC(=S)Cc1ccc(F)cc1. The molecule has 1 rings (SSSR count). The van der Waals surface area contributed by atoms with E-state index < -0.39 is 0 Å². The Labute approximate surface area is 110 Å². The van der Waals surface area contributed by atoms with Crippen molar-refractivity contribution < 1.29 is 13.9 Å². The molecule has 5 heteroatoms. The van der Waals surface area contributed by atoms with E-state index in [0.717, 1.165) is 5.56 Å². The molecule has 0 aromatic heterocycles. The maximum absolute atomic E-state index is 12.7. The smallest absolute Gasteiger partial charge is 0.316 e. The van der Waals surface area contributed by atoms with E-state index in [9.17, 15) is 9.18 Å². The Morgan fingerprint density at radius 2 is 2.06 bits per heavy atom. The van der Waals surface area contributed by atoms with E-state index in [4.69, 9.17) is 17.0 Å². The van der Waals surface area contributed by atoms with E-state index >= 15 is 0 Å². The van der Waals surface area contributed by atoms with Crippen molar-refractivity contribution in [3.8, 4) is 0 Å². The van der Waals surface area contributed by atoms with Crippen molar-refractivity contribution in [2.45, 2.75) is 13.3 Å². The second-order valence-corrected chi connectivity index (χ2v) is 5.09. The molecular formula is C12H13FO2S2. The fraction of sp³-hybridized carbons (Fsp3) is 0.333. The number of benzene rings is 1. The van der Waals surface area contributed by atoms with Gasteiger partial charge in [-0.25, -0.2) is 4.39 Å². The van der Waals surface area contributed by atoms with Crippen molar-refractivity contribution in [3.05, 3.63) is 35.6 Å². The first kappa shape index (κ1) is 14.1. The summed E-state index contributed by atoms with van der Waals surface area (Å²) in [5.74, 6) is -0.300. The van der Waals surface area contributed by atoms with Crippen LogP contribution in [0.1, 0.15) is 12.5 Å². The summed E-state index contributed by atoms with van der Waals surface area (Å²) in [5, 5.41) is 0. The van der Waals surface area contributed by atoms with E-state index in [1.54, 1.807) is 19.1 Å². The summed E-state index contributed by atoms with van der Waals surface area (Å²) in [7, 11) is 0. The zero-order chi connectivity index (χ0) is 12.7. The number of thioether (sulfide) groups is 1. The van der Waals surface area contributed by atoms with Gasteiger partial charge in [-0.3, -0.25) is 4.79 Å². The third-order valence-corrected chi connectivity index (χ3v) is 3.26. The highest BCUT2D eigenvalue weighted by Gasteiger charge is 2.06. The van der Waals surface area contributed by atoms with Crippen LogP contribution in [0.4, 0.5) is 4.39 Å². The lowest BCUT2D eigenvalue weighted by atomic mass is 10.2. The molecule has 1 aromatic rings. The minimum atomic E-state index is -0.265. The van der Waals surface area contributed by atoms with Crippen LogP contribution in [0.2, 0.25) is 0 Å². The number of thiocarbonyl (C=S) groups is 1. The highest BCUT2D eigenvalue weighted by Crippen LogP contribution is 2.12. The van der Waals surface area contributed by atoms with Crippen LogP contribution in [-0.4, -0.2) is 22.5 Å². The van der Waals surface area contributed by atoms with Gasteiger partial charge in [-0.2, -0.15) is 0 Å². The van der Waals surface area contributed by atoms with Crippen LogP contribution in [-0.2, 0) is 16.0 Å². The first-order chi connectivity index (χ1) is 8.11. The maximum Gasteiger partial charge on any atom is 0.316 e. The van der Waals surface area contributed by atoms with E-state index in [-0.39, 0.29) is 17.5 Å². The van der Waals surface area contributed by atoms with Gasteiger partial charge in [0.2, 0.25) is 0 Å². The first-order valence-corrected chi connectivity index (χ1v) is 6.57. The monoisotopic (exact) mass is 272 g/mol. The normalized spacial score (nSPS) is 10.0. The van der Waals surface area contributed by atoms with E-state index in [2.05, 4.69) is 0 Å². The van der Waals surface area contributed by atoms with Gasteiger partial charge >= 0.3 is 5.97 Å². The summed E-state index contributed by atoms with van der Waals surface area (Å²) in [6.45, 7) is 2.14. The zero-order valence-electron chi connectivity index (χ0n) is 9.44. The topological polar surface area (TPSA) is 26.3 Å². The summed E-state index contributed by atoms with van der Waals surface area (Å²) in [5.41, 5.74) is 0.938. The summed E-state index contributed by atoms with van der Waals surface area (Å²) in [6.07, 6.45) is 0.555. The molecule has 0 aliphatic rings. The predicted molar refractivity (Wildman–Crippen MR) is 71.8 cm³/mol. The number of carbonyl (C=O) groups is 1. The molecule has 2 nitrogen and oxygen atoms in total. The Kier molecular flexibility index (Phi) is 6.15. The average Bonchev–Trinajstić information content (AvgIpc) is 2.30. The van der Waals surface area contributed by atoms with Crippen LogP contribution in [0.5, 0.6) is 0 Å². The second kappa shape index (κ2) is 7.40. The number of carbonyl (C=O) groups excluding carboxylic acids is 1. The molecule has 0 aliphatic heterocycles. The van der Waals surface area contributed by atoms with Crippen molar-refractivity contribution in [1.82, 2.24) is 0 Å². The van der Waals surface area contributed by atoms with E-state index in [1.165, 1.54) is 23.9 Å². The van der Waals surface area contributed by atoms with Crippen molar-refractivity contribution in [3.63, 3.8) is 0 Å². The van der Waals surface area contributed by atoms with Gasteiger partial charge in [0.1, 0.15) is 5.82 Å². The number of rotatable bonds is 5. The van der Waals surface area contributed by atoms with Crippen LogP contribution >= 0.6 is 24.0 Å². The molecule has 0 bridgehead atoms. The second-order valence-electron chi connectivity index (χ2n) is 3.27. The molecule has 0 saturated heterocycles. The molecule has 0 heterocycles. The van der Waals surface area contributed by atoms with Gasteiger partial charge in [0.25, 0.3) is 0 Å². The van der Waals surface area contributed by atoms with Crippen molar-refractivity contribution >= 4 is 34.1 Å². The Bertz CT molecular complexity index is 390. The minimum absolute atomic E-state index is 0.230. The number of halogens is 1. The Hall–Kier alpha value is -0.940. The third kappa shape index (κ3) is 5.79. The summed E-state index contributed by atoms with van der Waals surface area (Å²) in [4.78, 5) is 11.1. The predicted octanol–water partition coefficient (Wildman–Crippen LogP) is 2.99.